The first-order chi connectivity index (χ1) is 14.0. The van der Waals surface area contributed by atoms with Gasteiger partial charge in [0.25, 0.3) is 11.6 Å². The number of nitro groups is 1. The summed E-state index contributed by atoms with van der Waals surface area (Å²) in [5.41, 5.74) is 2.55. The van der Waals surface area contributed by atoms with Crippen LogP contribution >= 0.6 is 15.9 Å². The molecule has 1 amide bonds. The Morgan fingerprint density at radius 3 is 2.41 bits per heavy atom. The third-order valence-electron chi connectivity index (χ3n) is 4.45. The highest BCUT2D eigenvalue weighted by Crippen LogP contribution is 2.28. The van der Waals surface area contributed by atoms with E-state index in [0.29, 0.717) is 22.2 Å². The molecule has 0 spiro atoms. The molecule has 7 heteroatoms. The second-order valence-corrected chi connectivity index (χ2v) is 7.22. The maximum Gasteiger partial charge on any atom is 0.292 e. The number of para-hydroxylation sites is 3. The lowest BCUT2D eigenvalue weighted by molar-refractivity contribution is -0.383. The third-order valence-corrected chi connectivity index (χ3v) is 4.98. The van der Waals surface area contributed by atoms with Crippen molar-refractivity contribution in [3.63, 3.8) is 0 Å². The van der Waals surface area contributed by atoms with Crippen molar-refractivity contribution in [3.8, 4) is 11.3 Å². The summed E-state index contributed by atoms with van der Waals surface area (Å²) >= 11 is 3.41. The van der Waals surface area contributed by atoms with Gasteiger partial charge in [0, 0.05) is 21.5 Å². The van der Waals surface area contributed by atoms with Crippen molar-refractivity contribution in [2.24, 2.45) is 0 Å². The van der Waals surface area contributed by atoms with E-state index in [-0.39, 0.29) is 11.4 Å². The van der Waals surface area contributed by atoms with Crippen molar-refractivity contribution in [3.05, 3.63) is 99.0 Å². The third kappa shape index (κ3) is 3.86. The number of rotatable bonds is 4. The molecule has 0 aliphatic heterocycles. The number of nitrogens with zero attached hydrogens (tertiary/aromatic N) is 2. The number of hydrogen-bond acceptors (Lipinski definition) is 4. The lowest BCUT2D eigenvalue weighted by Crippen LogP contribution is -2.14. The molecule has 4 aromatic rings. The molecule has 1 aromatic heterocycles. The van der Waals surface area contributed by atoms with Crippen LogP contribution in [-0.4, -0.2) is 15.8 Å². The van der Waals surface area contributed by atoms with Crippen LogP contribution in [0, 0.1) is 10.1 Å². The SMILES string of the molecule is O=C(Nc1ccccc1[N+](=O)[O-])c1cc(-c2ccc(Br)cc2)nc2ccccc12. The summed E-state index contributed by atoms with van der Waals surface area (Å²) in [5.74, 6) is -0.434. The Balaban J connectivity index is 1.81. The number of nitro benzene ring substituents is 1. The van der Waals surface area contributed by atoms with Crippen LogP contribution in [0.15, 0.2) is 83.3 Å². The Hall–Kier alpha value is -3.58. The lowest BCUT2D eigenvalue weighted by Gasteiger charge is -2.11. The van der Waals surface area contributed by atoms with Gasteiger partial charge in [-0.1, -0.05) is 58.4 Å². The molecule has 0 bridgehead atoms. The van der Waals surface area contributed by atoms with Gasteiger partial charge in [0.05, 0.1) is 21.7 Å². The molecule has 0 aliphatic carbocycles. The fraction of sp³-hybridized carbons (Fsp3) is 0. The highest BCUT2D eigenvalue weighted by molar-refractivity contribution is 9.10. The van der Waals surface area contributed by atoms with Gasteiger partial charge in [0.2, 0.25) is 0 Å². The smallest absolute Gasteiger partial charge is 0.292 e. The molecule has 0 saturated heterocycles. The van der Waals surface area contributed by atoms with Crippen molar-refractivity contribution in [2.45, 2.75) is 0 Å². The van der Waals surface area contributed by atoms with Crippen molar-refractivity contribution < 1.29 is 9.72 Å². The van der Waals surface area contributed by atoms with Gasteiger partial charge < -0.3 is 5.32 Å². The van der Waals surface area contributed by atoms with Crippen molar-refractivity contribution in [1.29, 1.82) is 0 Å². The van der Waals surface area contributed by atoms with Crippen LogP contribution in [0.25, 0.3) is 22.2 Å². The summed E-state index contributed by atoms with van der Waals surface area (Å²) in [5, 5.41) is 14.6. The molecule has 1 N–H and O–H groups in total. The molecule has 0 fully saturated rings. The maximum absolute atomic E-state index is 13.1. The Morgan fingerprint density at radius 2 is 1.66 bits per heavy atom. The minimum absolute atomic E-state index is 0.147. The largest absolute Gasteiger partial charge is 0.316 e. The highest BCUT2D eigenvalue weighted by Gasteiger charge is 2.18. The van der Waals surface area contributed by atoms with Crippen LogP contribution in [0.1, 0.15) is 10.4 Å². The van der Waals surface area contributed by atoms with Crippen LogP contribution < -0.4 is 5.32 Å². The topological polar surface area (TPSA) is 85.1 Å². The normalized spacial score (nSPS) is 10.7. The van der Waals surface area contributed by atoms with Crippen molar-refractivity contribution in [2.75, 3.05) is 5.32 Å². The van der Waals surface area contributed by atoms with Crippen LogP contribution in [0.2, 0.25) is 0 Å². The molecule has 6 nitrogen and oxygen atoms in total. The van der Waals surface area contributed by atoms with E-state index in [9.17, 15) is 14.9 Å². The molecule has 3 aromatic carbocycles. The summed E-state index contributed by atoms with van der Waals surface area (Å²) in [6, 6.07) is 22.7. The van der Waals surface area contributed by atoms with Crippen LogP contribution in [0.5, 0.6) is 0 Å². The van der Waals surface area contributed by atoms with E-state index in [4.69, 9.17) is 0 Å². The van der Waals surface area contributed by atoms with Crippen molar-refractivity contribution >= 4 is 44.1 Å². The Morgan fingerprint density at radius 1 is 0.966 bits per heavy atom. The predicted octanol–water partition coefficient (Wildman–Crippen LogP) is 5.82. The van der Waals surface area contributed by atoms with Gasteiger partial charge in [-0.2, -0.15) is 0 Å². The fourth-order valence-corrected chi connectivity index (χ4v) is 3.32. The molecule has 142 valence electrons. The van der Waals surface area contributed by atoms with Crippen LogP contribution in [0.4, 0.5) is 11.4 Å². The Bertz CT molecular complexity index is 1240. The maximum atomic E-state index is 13.1. The quantitative estimate of drug-likeness (QED) is 0.315. The number of nitrogens with one attached hydrogen (secondary N) is 1. The van der Waals surface area contributed by atoms with Gasteiger partial charge in [-0.15, -0.1) is 0 Å². The predicted molar refractivity (Wildman–Crippen MR) is 116 cm³/mol. The summed E-state index contributed by atoms with van der Waals surface area (Å²) < 4.78 is 0.941. The number of hydrogen-bond donors (Lipinski definition) is 1. The number of fused-ring (bicyclic) bond motifs is 1. The zero-order valence-corrected chi connectivity index (χ0v) is 16.6. The van der Waals surface area contributed by atoms with Gasteiger partial charge in [-0.25, -0.2) is 4.98 Å². The van der Waals surface area contributed by atoms with Crippen molar-refractivity contribution in [1.82, 2.24) is 4.98 Å². The molecule has 0 atom stereocenters. The molecule has 29 heavy (non-hydrogen) atoms. The number of amides is 1. The van der Waals surface area contributed by atoms with E-state index in [2.05, 4.69) is 26.2 Å². The van der Waals surface area contributed by atoms with E-state index in [1.807, 2.05) is 48.5 Å². The minimum Gasteiger partial charge on any atom is -0.316 e. The fourth-order valence-electron chi connectivity index (χ4n) is 3.06. The zero-order chi connectivity index (χ0) is 20.4. The average Bonchev–Trinajstić information content (AvgIpc) is 2.73. The highest BCUT2D eigenvalue weighted by atomic mass is 79.9. The number of carbonyl (C=O) groups excluding carboxylic acids is 1. The van der Waals surface area contributed by atoms with Crippen LogP contribution in [-0.2, 0) is 0 Å². The molecule has 0 unspecified atom stereocenters. The van der Waals surface area contributed by atoms with Gasteiger partial charge in [0.1, 0.15) is 5.69 Å². The van der Waals surface area contributed by atoms with Crippen LogP contribution in [0.3, 0.4) is 0 Å². The molecular formula is C22H14BrN3O3. The monoisotopic (exact) mass is 447 g/mol. The number of pyridine rings is 1. The number of anilines is 1. The summed E-state index contributed by atoms with van der Waals surface area (Å²) in [6.07, 6.45) is 0. The first-order valence-corrected chi connectivity index (χ1v) is 9.53. The van der Waals surface area contributed by atoms with Gasteiger partial charge in [0.15, 0.2) is 0 Å². The average molecular weight is 448 g/mol. The molecule has 0 aliphatic rings. The summed E-state index contributed by atoms with van der Waals surface area (Å²) in [6.45, 7) is 0. The Labute approximate surface area is 174 Å². The number of carbonyl (C=O) groups is 1. The van der Waals surface area contributed by atoms with E-state index in [0.717, 1.165) is 10.0 Å². The van der Waals surface area contributed by atoms with E-state index in [1.54, 1.807) is 18.2 Å². The second kappa shape index (κ2) is 7.81. The van der Waals surface area contributed by atoms with Gasteiger partial charge in [-0.3, -0.25) is 14.9 Å². The summed E-state index contributed by atoms with van der Waals surface area (Å²) in [7, 11) is 0. The van der Waals surface area contributed by atoms with E-state index >= 15 is 0 Å². The molecule has 1 heterocycles. The Kier molecular flexibility index (Phi) is 5.05. The van der Waals surface area contributed by atoms with Gasteiger partial charge in [-0.05, 0) is 30.3 Å². The number of aromatic nitrogens is 1. The zero-order valence-electron chi connectivity index (χ0n) is 15.0. The molecule has 4 rings (SSSR count). The van der Waals surface area contributed by atoms with E-state index in [1.165, 1.54) is 12.1 Å². The molecule has 0 saturated carbocycles. The van der Waals surface area contributed by atoms with E-state index < -0.39 is 10.8 Å². The minimum atomic E-state index is -0.520. The number of benzene rings is 3. The number of halogens is 1. The molecule has 0 radical (unpaired) electrons. The first kappa shape index (κ1) is 18.8. The lowest BCUT2D eigenvalue weighted by atomic mass is 10.0. The second-order valence-electron chi connectivity index (χ2n) is 6.31. The first-order valence-electron chi connectivity index (χ1n) is 8.73. The standard InChI is InChI=1S/C22H14BrN3O3/c23-15-11-9-14(10-12-15)20-13-17(16-5-1-2-6-18(16)24-20)22(27)25-19-7-3-4-8-21(19)26(28)29/h1-13H,(H,25,27). The summed E-state index contributed by atoms with van der Waals surface area (Å²) in [4.78, 5) is 28.5. The van der Waals surface area contributed by atoms with Gasteiger partial charge >= 0.3 is 0 Å². The molecular weight excluding hydrogens is 434 g/mol.